The number of thiophene rings is 1. The van der Waals surface area contributed by atoms with E-state index >= 15 is 0 Å². The van der Waals surface area contributed by atoms with Crippen molar-refractivity contribution in [3.63, 3.8) is 0 Å². The predicted octanol–water partition coefficient (Wildman–Crippen LogP) is 1.07. The molecular formula is C15H20N4O2S. The molecule has 0 spiro atoms. The van der Waals surface area contributed by atoms with Crippen LogP contribution in [0.3, 0.4) is 0 Å². The molecule has 1 saturated heterocycles. The number of nitrogens with zero attached hydrogens (tertiary/aromatic N) is 2. The number of aromatic amines is 1. The van der Waals surface area contributed by atoms with Gasteiger partial charge in [0.05, 0.1) is 10.6 Å². The van der Waals surface area contributed by atoms with Gasteiger partial charge in [-0.25, -0.2) is 0 Å². The topological polar surface area (TPSA) is 81.2 Å². The smallest absolute Gasteiger partial charge is 0.245 e. The Balaban J connectivity index is 1.49. The van der Waals surface area contributed by atoms with Gasteiger partial charge < -0.3 is 10.4 Å². The van der Waals surface area contributed by atoms with E-state index in [0.29, 0.717) is 12.5 Å². The molecule has 0 aromatic carbocycles. The Morgan fingerprint density at radius 2 is 2.41 bits per heavy atom. The molecule has 2 aromatic rings. The van der Waals surface area contributed by atoms with Crippen LogP contribution in [0.15, 0.2) is 24.4 Å². The first-order chi connectivity index (χ1) is 10.7. The summed E-state index contributed by atoms with van der Waals surface area (Å²) in [6, 6.07) is 6.27. The Kier molecular flexibility index (Phi) is 4.87. The number of amides is 1. The number of aliphatic hydroxyl groups is 1. The number of aliphatic hydroxyl groups excluding tert-OH is 1. The highest BCUT2D eigenvalue weighted by Gasteiger charge is 2.23. The van der Waals surface area contributed by atoms with Crippen molar-refractivity contribution in [2.45, 2.75) is 13.0 Å². The maximum atomic E-state index is 11.1. The van der Waals surface area contributed by atoms with Gasteiger partial charge in [-0.1, -0.05) is 0 Å². The van der Waals surface area contributed by atoms with Crippen LogP contribution in [0.5, 0.6) is 0 Å². The second-order valence-electron chi connectivity index (χ2n) is 5.59. The van der Waals surface area contributed by atoms with E-state index in [0.717, 1.165) is 31.7 Å². The standard InChI is InChI=1S/C15H20N4O2S/c20-10-15(21)16-7-11-4-6-19(8-11)9-12-1-2-14(22-12)13-3-5-17-18-13/h1-3,5,11,20H,4,6-10H2,(H,16,21)(H,17,18)/t11-/m1/s1. The maximum absolute atomic E-state index is 11.1. The van der Waals surface area contributed by atoms with Gasteiger partial charge in [0.1, 0.15) is 6.61 Å². The van der Waals surface area contributed by atoms with E-state index in [4.69, 9.17) is 5.11 Å². The van der Waals surface area contributed by atoms with E-state index in [1.165, 1.54) is 9.75 Å². The van der Waals surface area contributed by atoms with Gasteiger partial charge in [-0.3, -0.25) is 14.8 Å². The summed E-state index contributed by atoms with van der Waals surface area (Å²) in [6.07, 6.45) is 2.85. The van der Waals surface area contributed by atoms with E-state index in [2.05, 4.69) is 32.5 Å². The fraction of sp³-hybridized carbons (Fsp3) is 0.467. The van der Waals surface area contributed by atoms with Crippen LogP contribution < -0.4 is 5.32 Å². The zero-order valence-corrected chi connectivity index (χ0v) is 13.1. The minimum Gasteiger partial charge on any atom is -0.387 e. The second-order valence-corrected chi connectivity index (χ2v) is 6.76. The summed E-state index contributed by atoms with van der Waals surface area (Å²) in [5, 5.41) is 18.4. The van der Waals surface area contributed by atoms with Crippen LogP contribution in [-0.4, -0.2) is 52.4 Å². The van der Waals surface area contributed by atoms with E-state index < -0.39 is 6.61 Å². The third-order valence-electron chi connectivity index (χ3n) is 3.91. The summed E-state index contributed by atoms with van der Waals surface area (Å²) in [7, 11) is 0. The van der Waals surface area contributed by atoms with E-state index in [-0.39, 0.29) is 5.91 Å². The second kappa shape index (κ2) is 7.04. The van der Waals surface area contributed by atoms with Gasteiger partial charge in [-0.15, -0.1) is 11.3 Å². The number of hydrogen-bond donors (Lipinski definition) is 3. The van der Waals surface area contributed by atoms with Gasteiger partial charge in [0.15, 0.2) is 0 Å². The van der Waals surface area contributed by atoms with Crippen LogP contribution in [-0.2, 0) is 11.3 Å². The highest BCUT2D eigenvalue weighted by atomic mass is 32.1. The summed E-state index contributed by atoms with van der Waals surface area (Å²) in [5.41, 5.74) is 1.06. The van der Waals surface area contributed by atoms with Gasteiger partial charge in [0.2, 0.25) is 5.91 Å². The molecule has 7 heteroatoms. The molecule has 0 unspecified atom stereocenters. The van der Waals surface area contributed by atoms with Crippen LogP contribution in [0, 0.1) is 5.92 Å². The zero-order valence-electron chi connectivity index (χ0n) is 12.3. The molecule has 0 aliphatic carbocycles. The normalized spacial score (nSPS) is 18.7. The largest absolute Gasteiger partial charge is 0.387 e. The lowest BCUT2D eigenvalue weighted by Crippen LogP contribution is -2.32. The summed E-state index contributed by atoms with van der Waals surface area (Å²) >= 11 is 1.78. The minimum atomic E-state index is -0.429. The highest BCUT2D eigenvalue weighted by Crippen LogP contribution is 2.28. The number of carbonyl (C=O) groups excluding carboxylic acids is 1. The fourth-order valence-corrected chi connectivity index (χ4v) is 3.78. The molecule has 1 aliphatic heterocycles. The van der Waals surface area contributed by atoms with Gasteiger partial charge >= 0.3 is 0 Å². The van der Waals surface area contributed by atoms with E-state index in [1.807, 2.05) is 6.07 Å². The number of nitrogens with one attached hydrogen (secondary N) is 2. The number of rotatable bonds is 6. The van der Waals surface area contributed by atoms with Crippen LogP contribution >= 0.6 is 11.3 Å². The van der Waals surface area contributed by atoms with Crippen molar-refractivity contribution in [1.29, 1.82) is 0 Å². The third-order valence-corrected chi connectivity index (χ3v) is 5.01. The molecule has 6 nitrogen and oxygen atoms in total. The Hall–Kier alpha value is -1.70. The molecular weight excluding hydrogens is 300 g/mol. The Bertz CT molecular complexity index is 611. The predicted molar refractivity (Wildman–Crippen MR) is 85.4 cm³/mol. The van der Waals surface area contributed by atoms with Gasteiger partial charge in [0.25, 0.3) is 0 Å². The van der Waals surface area contributed by atoms with Crippen molar-refractivity contribution in [3.05, 3.63) is 29.3 Å². The molecule has 0 radical (unpaired) electrons. The van der Waals surface area contributed by atoms with Crippen LogP contribution in [0.25, 0.3) is 10.6 Å². The number of carbonyl (C=O) groups is 1. The lowest BCUT2D eigenvalue weighted by Gasteiger charge is -2.15. The summed E-state index contributed by atoms with van der Waals surface area (Å²) in [4.78, 5) is 16.0. The molecule has 1 fully saturated rings. The Morgan fingerprint density at radius 3 is 3.18 bits per heavy atom. The molecule has 0 saturated carbocycles. The summed E-state index contributed by atoms with van der Waals surface area (Å²) in [5.74, 6) is 0.184. The lowest BCUT2D eigenvalue weighted by molar-refractivity contribution is -0.123. The number of aromatic nitrogens is 2. The van der Waals surface area contributed by atoms with Crippen molar-refractivity contribution in [2.24, 2.45) is 5.92 Å². The quantitative estimate of drug-likeness (QED) is 0.744. The number of likely N-dealkylation sites (tertiary alicyclic amines) is 1. The van der Waals surface area contributed by atoms with Crippen LogP contribution in [0.2, 0.25) is 0 Å². The van der Waals surface area contributed by atoms with Crippen molar-refractivity contribution < 1.29 is 9.90 Å². The molecule has 22 heavy (non-hydrogen) atoms. The van der Waals surface area contributed by atoms with Gasteiger partial charge in [-0.05, 0) is 37.1 Å². The molecule has 3 N–H and O–H groups in total. The highest BCUT2D eigenvalue weighted by molar-refractivity contribution is 7.15. The average Bonchev–Trinajstić information content (AvgIpc) is 3.26. The molecule has 3 heterocycles. The third kappa shape index (κ3) is 3.73. The molecule has 1 aliphatic rings. The van der Waals surface area contributed by atoms with E-state index in [9.17, 15) is 4.79 Å². The summed E-state index contributed by atoms with van der Waals surface area (Å²) < 4.78 is 0. The first kappa shape index (κ1) is 15.2. The van der Waals surface area contributed by atoms with Crippen LogP contribution in [0.4, 0.5) is 0 Å². The zero-order chi connectivity index (χ0) is 15.4. The van der Waals surface area contributed by atoms with Gasteiger partial charge in [-0.2, -0.15) is 5.10 Å². The monoisotopic (exact) mass is 320 g/mol. The van der Waals surface area contributed by atoms with Crippen molar-refractivity contribution in [3.8, 4) is 10.6 Å². The Labute approximate surface area is 133 Å². The first-order valence-corrected chi connectivity index (χ1v) is 8.24. The Morgan fingerprint density at radius 1 is 1.50 bits per heavy atom. The van der Waals surface area contributed by atoms with Crippen molar-refractivity contribution in [1.82, 2.24) is 20.4 Å². The molecule has 0 bridgehead atoms. The number of H-pyrrole nitrogens is 1. The molecule has 2 aromatic heterocycles. The molecule has 1 atom stereocenters. The summed E-state index contributed by atoms with van der Waals surface area (Å²) in [6.45, 7) is 3.21. The molecule has 3 rings (SSSR count). The molecule has 118 valence electrons. The average molecular weight is 320 g/mol. The van der Waals surface area contributed by atoms with E-state index in [1.54, 1.807) is 17.5 Å². The lowest BCUT2D eigenvalue weighted by atomic mass is 10.1. The number of hydrogen-bond acceptors (Lipinski definition) is 5. The molecule has 1 amide bonds. The van der Waals surface area contributed by atoms with Crippen LogP contribution in [0.1, 0.15) is 11.3 Å². The SMILES string of the molecule is O=C(CO)NC[C@H]1CCN(Cc2ccc(-c3ccn[nH]3)s2)C1. The fourth-order valence-electron chi connectivity index (χ4n) is 2.76. The first-order valence-electron chi connectivity index (χ1n) is 7.43. The van der Waals surface area contributed by atoms with Crippen molar-refractivity contribution >= 4 is 17.2 Å². The minimum absolute atomic E-state index is 0.291. The van der Waals surface area contributed by atoms with Crippen molar-refractivity contribution in [2.75, 3.05) is 26.2 Å². The maximum Gasteiger partial charge on any atom is 0.245 e. The van der Waals surface area contributed by atoms with Gasteiger partial charge in [0, 0.05) is 30.7 Å².